The number of likely N-dealkylation sites (tertiary alicyclic amines) is 1. The molecule has 0 unspecified atom stereocenters. The second-order valence-corrected chi connectivity index (χ2v) is 8.13. The Morgan fingerprint density at radius 2 is 1.84 bits per heavy atom. The van der Waals surface area contributed by atoms with Crippen LogP contribution in [0.4, 0.5) is 20.7 Å². The lowest BCUT2D eigenvalue weighted by atomic mass is 10.2. The first-order chi connectivity index (χ1) is 17.8. The lowest BCUT2D eigenvalue weighted by Crippen LogP contribution is -2.54. The van der Waals surface area contributed by atoms with Gasteiger partial charge >= 0.3 is 6.03 Å². The van der Waals surface area contributed by atoms with Crippen molar-refractivity contribution in [2.24, 2.45) is 0 Å². The molecular formula is C24H20FN7O5. The highest BCUT2D eigenvalue weighted by Crippen LogP contribution is 2.28. The number of ether oxygens (including phenoxy) is 1. The number of amides is 3. The maximum atomic E-state index is 14.7. The van der Waals surface area contributed by atoms with Gasteiger partial charge in [0, 0.05) is 24.0 Å². The summed E-state index contributed by atoms with van der Waals surface area (Å²) >= 11 is 0. The van der Waals surface area contributed by atoms with Crippen molar-refractivity contribution in [3.63, 3.8) is 0 Å². The summed E-state index contributed by atoms with van der Waals surface area (Å²) in [5.74, 6) is -0.907. The number of β-amino-alcohol motifs (C(OH)–C–C–N with tert-alkyl or cyclic N) is 1. The molecule has 1 aliphatic heterocycles. The van der Waals surface area contributed by atoms with E-state index in [0.717, 1.165) is 6.07 Å². The van der Waals surface area contributed by atoms with Gasteiger partial charge in [0.15, 0.2) is 17.3 Å². The first kappa shape index (κ1) is 23.7. The van der Waals surface area contributed by atoms with E-state index in [0.29, 0.717) is 5.69 Å². The van der Waals surface area contributed by atoms with Crippen LogP contribution in [0.3, 0.4) is 0 Å². The molecule has 5 rings (SSSR count). The highest BCUT2D eigenvalue weighted by atomic mass is 19.1. The van der Waals surface area contributed by atoms with E-state index in [4.69, 9.17) is 4.74 Å². The Bertz CT molecular complexity index is 1450. The topological polar surface area (TPSA) is 155 Å². The number of phenolic OH excluding ortho intramolecular Hbond substituents is 1. The van der Waals surface area contributed by atoms with E-state index < -0.39 is 23.9 Å². The minimum absolute atomic E-state index is 0.00732. The highest BCUT2D eigenvalue weighted by molar-refractivity contribution is 6.02. The summed E-state index contributed by atoms with van der Waals surface area (Å²) in [7, 11) is 0. The standard InChI is InChI=1S/C24H20FN7O5/c25-19-9-14(27-23(35)20-13-32(30-29-20)15-2-4-16(33)5-3-15)1-6-21(19)37-18-7-8-26-22(10-18)28-24(36)31-11-17(34)12-31/h1-10,13,17,33-34H,11-12H2,(H,27,35)(H,26,28,36). The van der Waals surface area contributed by atoms with Crippen LogP contribution in [0.25, 0.3) is 5.69 Å². The number of aliphatic hydroxyl groups is 1. The van der Waals surface area contributed by atoms with Crippen molar-refractivity contribution in [1.82, 2.24) is 24.9 Å². The number of anilines is 2. The Labute approximate surface area is 208 Å². The minimum Gasteiger partial charge on any atom is -0.508 e. The summed E-state index contributed by atoms with van der Waals surface area (Å²) in [4.78, 5) is 30.1. The predicted molar refractivity (Wildman–Crippen MR) is 128 cm³/mol. The van der Waals surface area contributed by atoms with Gasteiger partial charge in [-0.3, -0.25) is 10.1 Å². The molecule has 1 fully saturated rings. The van der Waals surface area contributed by atoms with Crippen molar-refractivity contribution in [2.45, 2.75) is 6.10 Å². The molecule has 37 heavy (non-hydrogen) atoms. The summed E-state index contributed by atoms with van der Waals surface area (Å²) in [6, 6.07) is 12.6. The molecular weight excluding hydrogens is 485 g/mol. The molecule has 4 N–H and O–H groups in total. The van der Waals surface area contributed by atoms with Crippen LogP contribution < -0.4 is 15.4 Å². The van der Waals surface area contributed by atoms with Crippen LogP contribution in [-0.2, 0) is 0 Å². The molecule has 0 atom stereocenters. The number of benzene rings is 2. The molecule has 3 amide bonds. The quantitative estimate of drug-likeness (QED) is 0.312. The molecule has 0 saturated carbocycles. The zero-order chi connectivity index (χ0) is 25.9. The van der Waals surface area contributed by atoms with Gasteiger partial charge in [0.2, 0.25) is 0 Å². The SMILES string of the molecule is O=C(Nc1ccc(Oc2ccnc(NC(=O)N3CC(O)C3)c2)c(F)c1)c1cn(-c2ccc(O)cc2)nn1. The molecule has 0 spiro atoms. The van der Waals surface area contributed by atoms with Gasteiger partial charge in [-0.05, 0) is 42.5 Å². The lowest BCUT2D eigenvalue weighted by Gasteiger charge is -2.35. The van der Waals surface area contributed by atoms with Crippen molar-refractivity contribution < 1.29 is 28.9 Å². The number of pyridine rings is 1. The summed E-state index contributed by atoms with van der Waals surface area (Å²) in [6.07, 6.45) is 2.27. The maximum absolute atomic E-state index is 14.7. The normalized spacial score (nSPS) is 13.1. The average molecular weight is 505 g/mol. The number of nitrogens with zero attached hydrogens (tertiary/aromatic N) is 5. The summed E-state index contributed by atoms with van der Waals surface area (Å²) < 4.78 is 21.7. The number of carbonyl (C=O) groups excluding carboxylic acids is 2. The number of aromatic nitrogens is 4. The first-order valence-corrected chi connectivity index (χ1v) is 11.0. The van der Waals surface area contributed by atoms with Crippen molar-refractivity contribution in [3.05, 3.63) is 78.5 Å². The molecule has 12 nitrogen and oxygen atoms in total. The third kappa shape index (κ3) is 5.46. The molecule has 2 aromatic carbocycles. The van der Waals surface area contributed by atoms with Crippen LogP contribution in [0, 0.1) is 5.82 Å². The molecule has 2 aromatic heterocycles. The Morgan fingerprint density at radius 3 is 2.57 bits per heavy atom. The second kappa shape index (κ2) is 9.91. The fourth-order valence-electron chi connectivity index (χ4n) is 3.44. The fraction of sp³-hybridized carbons (Fsp3) is 0.125. The first-order valence-electron chi connectivity index (χ1n) is 11.0. The Kier molecular flexibility index (Phi) is 6.34. The third-order valence-corrected chi connectivity index (χ3v) is 5.37. The number of urea groups is 1. The van der Waals surface area contributed by atoms with Gasteiger partial charge in [-0.2, -0.15) is 0 Å². The van der Waals surface area contributed by atoms with Crippen molar-refractivity contribution in [2.75, 3.05) is 23.7 Å². The van der Waals surface area contributed by atoms with Crippen molar-refractivity contribution >= 4 is 23.4 Å². The summed E-state index contributed by atoms with van der Waals surface area (Å²) in [5, 5.41) is 31.6. The van der Waals surface area contributed by atoms with E-state index in [9.17, 15) is 24.2 Å². The van der Waals surface area contributed by atoms with Gasteiger partial charge in [0.25, 0.3) is 5.91 Å². The van der Waals surface area contributed by atoms with Gasteiger partial charge in [-0.1, -0.05) is 5.21 Å². The molecule has 3 heterocycles. The van der Waals surface area contributed by atoms with Crippen LogP contribution >= 0.6 is 0 Å². The molecule has 0 radical (unpaired) electrons. The lowest BCUT2D eigenvalue weighted by molar-refractivity contribution is 0.0308. The van der Waals surface area contributed by atoms with Crippen LogP contribution in [0.1, 0.15) is 10.5 Å². The average Bonchev–Trinajstić information content (AvgIpc) is 3.35. The second-order valence-electron chi connectivity index (χ2n) is 8.13. The van der Waals surface area contributed by atoms with E-state index in [1.807, 2.05) is 0 Å². The predicted octanol–water partition coefficient (Wildman–Crippen LogP) is 2.76. The molecule has 1 saturated heterocycles. The van der Waals surface area contributed by atoms with Crippen molar-refractivity contribution in [1.29, 1.82) is 0 Å². The summed E-state index contributed by atoms with van der Waals surface area (Å²) in [5.41, 5.74) is 0.774. The number of hydrogen-bond acceptors (Lipinski definition) is 8. The number of aliphatic hydroxyl groups excluding tert-OH is 1. The maximum Gasteiger partial charge on any atom is 0.323 e. The van der Waals surface area contributed by atoms with Gasteiger partial charge in [-0.15, -0.1) is 5.10 Å². The zero-order valence-corrected chi connectivity index (χ0v) is 19.1. The largest absolute Gasteiger partial charge is 0.508 e. The van der Waals surface area contributed by atoms with E-state index in [-0.39, 0.29) is 47.5 Å². The number of nitrogens with one attached hydrogen (secondary N) is 2. The Hall–Kier alpha value is -5.04. The van der Waals surface area contributed by atoms with Gasteiger partial charge in [0.05, 0.1) is 31.1 Å². The molecule has 13 heteroatoms. The molecule has 1 aliphatic rings. The van der Waals surface area contributed by atoms with E-state index in [1.54, 1.807) is 12.1 Å². The van der Waals surface area contributed by atoms with E-state index in [1.165, 1.54) is 58.4 Å². The number of carbonyl (C=O) groups is 2. The van der Waals surface area contributed by atoms with Gasteiger partial charge < -0.3 is 25.2 Å². The van der Waals surface area contributed by atoms with Crippen molar-refractivity contribution in [3.8, 4) is 22.9 Å². The van der Waals surface area contributed by atoms with E-state index in [2.05, 4.69) is 25.9 Å². The number of halogens is 1. The minimum atomic E-state index is -0.734. The van der Waals surface area contributed by atoms with Gasteiger partial charge in [0.1, 0.15) is 17.3 Å². The van der Waals surface area contributed by atoms with Crippen LogP contribution in [0.15, 0.2) is 67.0 Å². The number of phenols is 1. The number of aromatic hydroxyl groups is 1. The van der Waals surface area contributed by atoms with Crippen LogP contribution in [0.2, 0.25) is 0 Å². The number of rotatable bonds is 6. The molecule has 0 aliphatic carbocycles. The number of hydrogen-bond donors (Lipinski definition) is 4. The Morgan fingerprint density at radius 1 is 1.05 bits per heavy atom. The molecule has 4 aromatic rings. The monoisotopic (exact) mass is 505 g/mol. The Balaban J connectivity index is 1.21. The van der Waals surface area contributed by atoms with Crippen LogP contribution in [-0.4, -0.2) is 66.2 Å². The smallest absolute Gasteiger partial charge is 0.323 e. The van der Waals surface area contributed by atoms with E-state index >= 15 is 0 Å². The fourth-order valence-corrected chi connectivity index (χ4v) is 3.44. The van der Waals surface area contributed by atoms with Crippen LogP contribution in [0.5, 0.6) is 17.2 Å². The highest BCUT2D eigenvalue weighted by Gasteiger charge is 2.29. The van der Waals surface area contributed by atoms with Gasteiger partial charge in [-0.25, -0.2) is 18.9 Å². The molecule has 0 bridgehead atoms. The zero-order valence-electron chi connectivity index (χ0n) is 19.1. The molecule has 188 valence electrons. The summed E-state index contributed by atoms with van der Waals surface area (Å²) in [6.45, 7) is 0.486. The third-order valence-electron chi connectivity index (χ3n) is 5.37.